The van der Waals surface area contributed by atoms with Gasteiger partial charge < -0.3 is 20.8 Å². The summed E-state index contributed by atoms with van der Waals surface area (Å²) < 4.78 is 0.839. The summed E-state index contributed by atoms with van der Waals surface area (Å²) in [4.78, 5) is 22.2. The van der Waals surface area contributed by atoms with Crippen LogP contribution in [-0.4, -0.2) is 34.4 Å². The zero-order valence-electron chi connectivity index (χ0n) is 11.2. The minimum Gasteiger partial charge on any atom is -0.481 e. The Hall–Kier alpha value is -1.60. The van der Waals surface area contributed by atoms with E-state index in [1.54, 1.807) is 12.1 Å². The minimum absolute atomic E-state index is 0.155. The van der Waals surface area contributed by atoms with Crippen LogP contribution in [-0.2, 0) is 4.79 Å². The zero-order chi connectivity index (χ0) is 15.3. The number of nitrogens with one attached hydrogen (secondary N) is 2. The number of hydrogen-bond acceptors (Lipinski definition) is 3. The van der Waals surface area contributed by atoms with E-state index in [2.05, 4.69) is 26.6 Å². The van der Waals surface area contributed by atoms with Gasteiger partial charge in [-0.15, -0.1) is 0 Å². The van der Waals surface area contributed by atoms with Crippen molar-refractivity contribution in [2.45, 2.75) is 25.9 Å². The number of aryl methyl sites for hydroxylation is 1. The summed E-state index contributed by atoms with van der Waals surface area (Å²) in [7, 11) is 0. The number of carboxylic acids is 1. The second-order valence-corrected chi connectivity index (χ2v) is 5.81. The van der Waals surface area contributed by atoms with Crippen LogP contribution in [0.1, 0.15) is 18.9 Å². The van der Waals surface area contributed by atoms with E-state index < -0.39 is 24.0 Å². The SMILES string of the molecule is Cc1cc(Br)cc(NC(=O)NCC(C)(O)CC(=O)O)c1. The van der Waals surface area contributed by atoms with Gasteiger partial charge in [0.25, 0.3) is 0 Å². The van der Waals surface area contributed by atoms with Crippen molar-refractivity contribution in [3.8, 4) is 0 Å². The second-order valence-electron chi connectivity index (χ2n) is 4.89. The van der Waals surface area contributed by atoms with E-state index in [1.807, 2.05) is 13.0 Å². The number of rotatable bonds is 5. The van der Waals surface area contributed by atoms with E-state index in [0.717, 1.165) is 10.0 Å². The first-order chi connectivity index (χ1) is 9.18. The van der Waals surface area contributed by atoms with E-state index >= 15 is 0 Å². The molecule has 1 aromatic carbocycles. The maximum Gasteiger partial charge on any atom is 0.319 e. The molecule has 0 radical (unpaired) electrons. The molecule has 0 spiro atoms. The van der Waals surface area contributed by atoms with Crippen LogP contribution in [0.15, 0.2) is 22.7 Å². The predicted molar refractivity (Wildman–Crippen MR) is 78.8 cm³/mol. The number of hydrogen-bond donors (Lipinski definition) is 4. The fraction of sp³-hybridized carbons (Fsp3) is 0.385. The molecule has 1 unspecified atom stereocenters. The highest BCUT2D eigenvalue weighted by molar-refractivity contribution is 9.10. The first-order valence-electron chi connectivity index (χ1n) is 5.94. The first-order valence-corrected chi connectivity index (χ1v) is 6.73. The molecule has 0 saturated carbocycles. The summed E-state index contributed by atoms with van der Waals surface area (Å²) in [6.45, 7) is 3.09. The van der Waals surface area contributed by atoms with Crippen molar-refractivity contribution in [1.29, 1.82) is 0 Å². The van der Waals surface area contributed by atoms with Gasteiger partial charge in [0.1, 0.15) is 0 Å². The quantitative estimate of drug-likeness (QED) is 0.657. The van der Waals surface area contributed by atoms with Crippen molar-refractivity contribution in [2.24, 2.45) is 0 Å². The topological polar surface area (TPSA) is 98.7 Å². The average molecular weight is 345 g/mol. The van der Waals surface area contributed by atoms with Gasteiger partial charge >= 0.3 is 12.0 Å². The number of carboxylic acid groups (broad SMARTS) is 1. The average Bonchev–Trinajstić information content (AvgIpc) is 2.23. The lowest BCUT2D eigenvalue weighted by Gasteiger charge is -2.21. The molecule has 2 amide bonds. The molecule has 0 heterocycles. The van der Waals surface area contributed by atoms with Gasteiger partial charge in [-0.25, -0.2) is 4.79 Å². The Morgan fingerprint density at radius 1 is 1.35 bits per heavy atom. The van der Waals surface area contributed by atoms with Crippen molar-refractivity contribution in [1.82, 2.24) is 5.32 Å². The molecule has 20 heavy (non-hydrogen) atoms. The van der Waals surface area contributed by atoms with Gasteiger partial charge in [0.15, 0.2) is 0 Å². The molecule has 0 aromatic heterocycles. The number of urea groups is 1. The van der Waals surface area contributed by atoms with Crippen LogP contribution in [0.25, 0.3) is 0 Å². The number of carbonyl (C=O) groups is 2. The van der Waals surface area contributed by atoms with Crippen LogP contribution in [0.4, 0.5) is 10.5 Å². The molecule has 1 atom stereocenters. The van der Waals surface area contributed by atoms with Crippen molar-refractivity contribution in [3.05, 3.63) is 28.2 Å². The Morgan fingerprint density at radius 3 is 2.55 bits per heavy atom. The summed E-state index contributed by atoms with van der Waals surface area (Å²) in [5.74, 6) is -1.13. The Bertz CT molecular complexity index is 497. The monoisotopic (exact) mass is 344 g/mol. The summed E-state index contributed by atoms with van der Waals surface area (Å²) >= 11 is 3.32. The molecule has 7 heteroatoms. The summed E-state index contributed by atoms with van der Waals surface area (Å²) in [6, 6.07) is 4.93. The number of carbonyl (C=O) groups excluding carboxylic acids is 1. The number of benzene rings is 1. The van der Waals surface area contributed by atoms with Crippen LogP contribution < -0.4 is 10.6 Å². The Labute approximate surface area is 125 Å². The van der Waals surface area contributed by atoms with E-state index in [4.69, 9.17) is 5.11 Å². The molecule has 0 aliphatic rings. The fourth-order valence-corrected chi connectivity index (χ4v) is 2.25. The van der Waals surface area contributed by atoms with Crippen LogP contribution in [0, 0.1) is 6.92 Å². The van der Waals surface area contributed by atoms with Gasteiger partial charge in [-0.05, 0) is 37.6 Å². The predicted octanol–water partition coefficient (Wildman–Crippen LogP) is 2.10. The molecular weight excluding hydrogens is 328 g/mol. The number of aliphatic carboxylic acids is 1. The van der Waals surface area contributed by atoms with Gasteiger partial charge in [0, 0.05) is 16.7 Å². The van der Waals surface area contributed by atoms with Crippen molar-refractivity contribution in [2.75, 3.05) is 11.9 Å². The first kappa shape index (κ1) is 16.5. The summed E-state index contributed by atoms with van der Waals surface area (Å²) in [6.07, 6.45) is -0.441. The van der Waals surface area contributed by atoms with Gasteiger partial charge in [-0.1, -0.05) is 15.9 Å². The van der Waals surface area contributed by atoms with Gasteiger partial charge in [-0.2, -0.15) is 0 Å². The minimum atomic E-state index is -1.49. The van der Waals surface area contributed by atoms with Crippen LogP contribution >= 0.6 is 15.9 Å². The largest absolute Gasteiger partial charge is 0.481 e. The van der Waals surface area contributed by atoms with Crippen molar-refractivity contribution in [3.63, 3.8) is 0 Å². The van der Waals surface area contributed by atoms with E-state index in [1.165, 1.54) is 6.92 Å². The lowest BCUT2D eigenvalue weighted by Crippen LogP contribution is -2.43. The normalized spacial score (nSPS) is 13.4. The van der Waals surface area contributed by atoms with Gasteiger partial charge in [0.2, 0.25) is 0 Å². The molecule has 0 aliphatic carbocycles. The molecular formula is C13H17BrN2O4. The van der Waals surface area contributed by atoms with Crippen LogP contribution in [0.2, 0.25) is 0 Å². The van der Waals surface area contributed by atoms with Gasteiger partial charge in [-0.3, -0.25) is 4.79 Å². The van der Waals surface area contributed by atoms with Gasteiger partial charge in [0.05, 0.1) is 12.0 Å². The smallest absolute Gasteiger partial charge is 0.319 e. The number of amides is 2. The Morgan fingerprint density at radius 2 is 2.00 bits per heavy atom. The molecule has 0 aliphatic heterocycles. The third-order valence-corrected chi connectivity index (χ3v) is 2.92. The fourth-order valence-electron chi connectivity index (χ4n) is 1.64. The number of aliphatic hydroxyl groups is 1. The highest BCUT2D eigenvalue weighted by Crippen LogP contribution is 2.19. The maximum atomic E-state index is 11.7. The van der Waals surface area contributed by atoms with Crippen molar-refractivity contribution < 1.29 is 19.8 Å². The molecule has 0 bridgehead atoms. The van der Waals surface area contributed by atoms with Crippen LogP contribution in [0.5, 0.6) is 0 Å². The third-order valence-electron chi connectivity index (χ3n) is 2.46. The Balaban J connectivity index is 2.53. The van der Waals surface area contributed by atoms with Crippen molar-refractivity contribution >= 4 is 33.6 Å². The summed E-state index contributed by atoms with van der Waals surface area (Å²) in [5.41, 5.74) is 0.0934. The number of halogens is 1. The molecule has 1 rings (SSSR count). The summed E-state index contributed by atoms with van der Waals surface area (Å²) in [5, 5.41) is 23.4. The Kier molecular flexibility index (Phi) is 5.52. The van der Waals surface area contributed by atoms with E-state index in [-0.39, 0.29) is 6.54 Å². The van der Waals surface area contributed by atoms with E-state index in [9.17, 15) is 14.7 Å². The molecule has 110 valence electrons. The van der Waals surface area contributed by atoms with E-state index in [0.29, 0.717) is 5.69 Å². The number of anilines is 1. The molecule has 4 N–H and O–H groups in total. The van der Waals surface area contributed by atoms with Crippen LogP contribution in [0.3, 0.4) is 0 Å². The lowest BCUT2D eigenvalue weighted by molar-refractivity contribution is -0.141. The molecule has 6 nitrogen and oxygen atoms in total. The molecule has 0 saturated heterocycles. The third kappa shape index (κ3) is 6.03. The maximum absolute atomic E-state index is 11.7. The lowest BCUT2D eigenvalue weighted by atomic mass is 10.0. The zero-order valence-corrected chi connectivity index (χ0v) is 12.8. The second kappa shape index (κ2) is 6.71. The molecule has 1 aromatic rings. The molecule has 0 fully saturated rings. The highest BCUT2D eigenvalue weighted by atomic mass is 79.9. The highest BCUT2D eigenvalue weighted by Gasteiger charge is 2.24. The standard InChI is InChI=1S/C13H17BrN2O4/c1-8-3-9(14)5-10(4-8)16-12(19)15-7-13(2,20)6-11(17)18/h3-5,20H,6-7H2,1-2H3,(H,17,18)(H2,15,16,19).